The van der Waals surface area contributed by atoms with Crippen molar-refractivity contribution in [2.45, 2.75) is 4.90 Å². The summed E-state index contributed by atoms with van der Waals surface area (Å²) in [6.45, 7) is 0.431. The Labute approximate surface area is 98.7 Å². The van der Waals surface area contributed by atoms with E-state index in [2.05, 4.69) is 0 Å². The molecule has 2 N–H and O–H groups in total. The van der Waals surface area contributed by atoms with Crippen LogP contribution in [0.15, 0.2) is 23.1 Å². The van der Waals surface area contributed by atoms with Crippen LogP contribution in [0.5, 0.6) is 0 Å². The summed E-state index contributed by atoms with van der Waals surface area (Å²) in [6, 6.07) is 4.32. The van der Waals surface area contributed by atoms with Crippen LogP contribution in [0.4, 0.5) is 5.69 Å². The van der Waals surface area contributed by atoms with E-state index in [9.17, 15) is 13.2 Å². The topological polar surface area (TPSA) is 86.7 Å². The fourth-order valence-corrected chi connectivity index (χ4v) is 3.36. The Morgan fingerprint density at radius 2 is 2.18 bits per heavy atom. The number of nitrogens with zero attached hydrogens (tertiary/aromatic N) is 1. The Morgan fingerprint density at radius 1 is 1.47 bits per heavy atom. The molecule has 0 aromatic heterocycles. The molecule has 1 amide bonds. The molecule has 0 bridgehead atoms. The zero-order chi connectivity index (χ0) is 12.6. The molecule has 1 aliphatic heterocycles. The van der Waals surface area contributed by atoms with E-state index in [4.69, 9.17) is 5.21 Å². The number of fused-ring (bicyclic) bond motifs is 1. The van der Waals surface area contributed by atoms with Crippen LogP contribution in [0.2, 0.25) is 0 Å². The lowest BCUT2D eigenvalue weighted by molar-refractivity contribution is 0.0706. The number of carbonyl (C=O) groups is 1. The summed E-state index contributed by atoms with van der Waals surface area (Å²) in [5.74, 6) is -0.697. The number of amides is 1. The lowest BCUT2D eigenvalue weighted by Crippen LogP contribution is -2.32. The molecule has 7 heteroatoms. The summed E-state index contributed by atoms with van der Waals surface area (Å²) >= 11 is 0. The Bertz CT molecular complexity index is 568. The minimum Gasteiger partial charge on any atom is -0.373 e. The molecule has 0 saturated carbocycles. The van der Waals surface area contributed by atoms with Gasteiger partial charge in [-0.3, -0.25) is 10.0 Å². The first-order valence-corrected chi connectivity index (χ1v) is 6.63. The number of hydrogen-bond donors (Lipinski definition) is 2. The van der Waals surface area contributed by atoms with Crippen molar-refractivity contribution in [3.8, 4) is 0 Å². The molecule has 2 rings (SSSR count). The van der Waals surface area contributed by atoms with Crippen LogP contribution in [0, 0.1) is 0 Å². The number of carbonyl (C=O) groups excluding carboxylic acids is 1. The van der Waals surface area contributed by atoms with E-state index in [-0.39, 0.29) is 16.2 Å². The van der Waals surface area contributed by atoms with Gasteiger partial charge in [-0.25, -0.2) is 13.9 Å². The number of hydroxylamine groups is 1. The van der Waals surface area contributed by atoms with Gasteiger partial charge >= 0.3 is 0 Å². The third-order valence-corrected chi connectivity index (χ3v) is 4.48. The molecule has 0 radical (unpaired) electrons. The number of benzene rings is 1. The van der Waals surface area contributed by atoms with Crippen molar-refractivity contribution >= 4 is 21.4 Å². The molecule has 1 aliphatic rings. The van der Waals surface area contributed by atoms with Gasteiger partial charge < -0.3 is 4.90 Å². The predicted molar refractivity (Wildman–Crippen MR) is 61.0 cm³/mol. The minimum absolute atomic E-state index is 0.0285. The molecule has 1 aromatic rings. The second-order valence-corrected chi connectivity index (χ2v) is 5.94. The second-order valence-electron chi connectivity index (χ2n) is 3.86. The van der Waals surface area contributed by atoms with Crippen molar-refractivity contribution in [1.82, 2.24) is 5.48 Å². The van der Waals surface area contributed by atoms with E-state index in [1.807, 2.05) is 4.90 Å². The van der Waals surface area contributed by atoms with Crippen LogP contribution >= 0.6 is 0 Å². The van der Waals surface area contributed by atoms with Gasteiger partial charge in [0.15, 0.2) is 9.84 Å². The van der Waals surface area contributed by atoms with Crippen LogP contribution < -0.4 is 10.4 Å². The van der Waals surface area contributed by atoms with Gasteiger partial charge in [0.1, 0.15) is 0 Å². The molecule has 0 spiro atoms. The first-order valence-electron chi connectivity index (χ1n) is 4.98. The van der Waals surface area contributed by atoms with Crippen molar-refractivity contribution in [2.24, 2.45) is 0 Å². The summed E-state index contributed by atoms with van der Waals surface area (Å²) in [5, 5.41) is 8.51. The quantitative estimate of drug-likeness (QED) is 0.547. The number of hydrogen-bond acceptors (Lipinski definition) is 5. The first kappa shape index (κ1) is 11.9. The Kier molecular flexibility index (Phi) is 2.80. The fraction of sp³-hybridized carbons (Fsp3) is 0.300. The summed E-state index contributed by atoms with van der Waals surface area (Å²) < 4.78 is 23.7. The highest BCUT2D eigenvalue weighted by molar-refractivity contribution is 7.91. The molecule has 6 nitrogen and oxygen atoms in total. The highest BCUT2D eigenvalue weighted by atomic mass is 32.2. The maximum absolute atomic E-state index is 11.9. The SMILES string of the molecule is CN1CCS(=O)(=O)c2cc(C(=O)NO)ccc21. The van der Waals surface area contributed by atoms with E-state index >= 15 is 0 Å². The smallest absolute Gasteiger partial charge is 0.274 e. The lowest BCUT2D eigenvalue weighted by atomic mass is 10.2. The summed E-state index contributed by atoms with van der Waals surface area (Å²) in [7, 11) is -1.55. The van der Waals surface area contributed by atoms with Crippen molar-refractivity contribution in [3.05, 3.63) is 23.8 Å². The number of nitrogens with one attached hydrogen (secondary N) is 1. The highest BCUT2D eigenvalue weighted by Gasteiger charge is 2.27. The van der Waals surface area contributed by atoms with E-state index in [0.29, 0.717) is 12.2 Å². The minimum atomic E-state index is -3.34. The van der Waals surface area contributed by atoms with Gasteiger partial charge in [0, 0.05) is 19.2 Å². The molecule has 17 heavy (non-hydrogen) atoms. The fourth-order valence-electron chi connectivity index (χ4n) is 1.77. The molecule has 0 fully saturated rings. The van der Waals surface area contributed by atoms with E-state index in [0.717, 1.165) is 0 Å². The molecule has 1 aromatic carbocycles. The third-order valence-electron chi connectivity index (χ3n) is 2.77. The van der Waals surface area contributed by atoms with Crippen molar-refractivity contribution in [1.29, 1.82) is 0 Å². The molecule has 1 heterocycles. The van der Waals surface area contributed by atoms with Gasteiger partial charge in [0.2, 0.25) is 0 Å². The summed E-state index contributed by atoms with van der Waals surface area (Å²) in [5.41, 5.74) is 2.17. The van der Waals surface area contributed by atoms with Gasteiger partial charge in [0.05, 0.1) is 16.3 Å². The van der Waals surface area contributed by atoms with Crippen LogP contribution in [0.1, 0.15) is 10.4 Å². The number of anilines is 1. The van der Waals surface area contributed by atoms with Crippen molar-refractivity contribution < 1.29 is 18.4 Å². The normalized spacial score (nSPS) is 17.4. The van der Waals surface area contributed by atoms with Crippen molar-refractivity contribution in [3.63, 3.8) is 0 Å². The zero-order valence-corrected chi connectivity index (χ0v) is 9.99. The lowest BCUT2D eigenvalue weighted by Gasteiger charge is -2.27. The highest BCUT2D eigenvalue weighted by Crippen LogP contribution is 2.30. The molecular formula is C10H12N2O4S. The number of sulfone groups is 1. The maximum atomic E-state index is 11.9. The monoisotopic (exact) mass is 256 g/mol. The van der Waals surface area contributed by atoms with Gasteiger partial charge in [0.25, 0.3) is 5.91 Å². The Morgan fingerprint density at radius 3 is 2.82 bits per heavy atom. The van der Waals surface area contributed by atoms with Gasteiger partial charge in [-0.2, -0.15) is 0 Å². The maximum Gasteiger partial charge on any atom is 0.274 e. The molecule has 92 valence electrons. The van der Waals surface area contributed by atoms with Crippen LogP contribution in [-0.4, -0.2) is 38.9 Å². The number of rotatable bonds is 1. The Balaban J connectivity index is 2.60. The summed E-state index contributed by atoms with van der Waals surface area (Å²) in [4.78, 5) is 13.2. The standard InChI is InChI=1S/C10H12N2O4S/c1-12-4-5-17(15,16)9-6-7(10(13)11-14)2-3-8(9)12/h2-3,6,14H,4-5H2,1H3,(H,11,13). The predicted octanol–water partition coefficient (Wildman–Crippen LogP) is 0.0291. The van der Waals surface area contributed by atoms with Gasteiger partial charge in [-0.05, 0) is 18.2 Å². The average molecular weight is 256 g/mol. The largest absolute Gasteiger partial charge is 0.373 e. The van der Waals surface area contributed by atoms with Crippen LogP contribution in [0.3, 0.4) is 0 Å². The zero-order valence-electron chi connectivity index (χ0n) is 9.17. The molecule has 0 saturated heterocycles. The van der Waals surface area contributed by atoms with Crippen LogP contribution in [0.25, 0.3) is 0 Å². The van der Waals surface area contributed by atoms with E-state index < -0.39 is 15.7 Å². The van der Waals surface area contributed by atoms with Crippen LogP contribution in [-0.2, 0) is 9.84 Å². The van der Waals surface area contributed by atoms with E-state index in [1.165, 1.54) is 17.6 Å². The first-order chi connectivity index (χ1) is 7.95. The molecule has 0 atom stereocenters. The average Bonchev–Trinajstić information content (AvgIpc) is 2.33. The summed E-state index contributed by atoms with van der Waals surface area (Å²) in [6.07, 6.45) is 0. The molecule has 0 aliphatic carbocycles. The Hall–Kier alpha value is -1.60. The second kappa shape index (κ2) is 4.01. The van der Waals surface area contributed by atoms with E-state index in [1.54, 1.807) is 13.1 Å². The van der Waals surface area contributed by atoms with Crippen molar-refractivity contribution in [2.75, 3.05) is 24.2 Å². The van der Waals surface area contributed by atoms with Gasteiger partial charge in [-0.15, -0.1) is 0 Å². The van der Waals surface area contributed by atoms with Gasteiger partial charge in [-0.1, -0.05) is 0 Å². The molecule has 0 unspecified atom stereocenters. The third kappa shape index (κ3) is 1.98. The molecular weight excluding hydrogens is 244 g/mol.